The van der Waals surface area contributed by atoms with Crippen molar-refractivity contribution in [1.29, 1.82) is 0 Å². The summed E-state index contributed by atoms with van der Waals surface area (Å²) in [5.74, 6) is -2.33. The predicted molar refractivity (Wildman–Crippen MR) is 104 cm³/mol. The molecule has 1 aliphatic carbocycles. The van der Waals surface area contributed by atoms with Gasteiger partial charge in [0.15, 0.2) is 23.2 Å². The molecular formula is C23H27F3O. The second-order valence-corrected chi connectivity index (χ2v) is 7.39. The maximum Gasteiger partial charge on any atom is 0.175 e. The van der Waals surface area contributed by atoms with Gasteiger partial charge in [-0.1, -0.05) is 45.3 Å². The highest BCUT2D eigenvalue weighted by Gasteiger charge is 2.23. The molecule has 3 rings (SSSR count). The van der Waals surface area contributed by atoms with E-state index in [9.17, 15) is 13.2 Å². The highest BCUT2D eigenvalue weighted by Crippen LogP contribution is 2.38. The second kappa shape index (κ2) is 8.81. The van der Waals surface area contributed by atoms with E-state index in [0.717, 1.165) is 50.5 Å². The van der Waals surface area contributed by atoms with E-state index in [1.165, 1.54) is 6.07 Å². The molecule has 1 aliphatic rings. The van der Waals surface area contributed by atoms with Gasteiger partial charge in [0.1, 0.15) is 0 Å². The fraction of sp³-hybridized carbons (Fsp3) is 0.478. The summed E-state index contributed by atoms with van der Waals surface area (Å²) in [5, 5.41) is 0.0336. The van der Waals surface area contributed by atoms with E-state index in [1.807, 2.05) is 13.0 Å². The minimum atomic E-state index is -1.13. The third-order valence-corrected chi connectivity index (χ3v) is 5.41. The van der Waals surface area contributed by atoms with Gasteiger partial charge in [0, 0.05) is 5.56 Å². The molecule has 0 aliphatic heterocycles. The Morgan fingerprint density at radius 3 is 2.52 bits per heavy atom. The third-order valence-electron chi connectivity index (χ3n) is 5.41. The number of benzene rings is 2. The number of ether oxygens (including phenoxy) is 1. The molecule has 2 aromatic rings. The molecule has 0 fully saturated rings. The van der Waals surface area contributed by atoms with Crippen molar-refractivity contribution in [2.75, 3.05) is 6.61 Å². The van der Waals surface area contributed by atoms with E-state index in [2.05, 4.69) is 6.92 Å². The van der Waals surface area contributed by atoms with Gasteiger partial charge < -0.3 is 4.74 Å². The SMILES string of the molecule is CCCCOc1ccc2cc(C3=CCC(CCC)CC3)c(F)c(F)c2c1F. The minimum Gasteiger partial charge on any atom is -0.490 e. The van der Waals surface area contributed by atoms with Gasteiger partial charge in [-0.3, -0.25) is 0 Å². The molecule has 0 saturated carbocycles. The van der Waals surface area contributed by atoms with Crippen LogP contribution in [-0.4, -0.2) is 6.61 Å². The zero-order chi connectivity index (χ0) is 19.4. The van der Waals surface area contributed by atoms with Crippen LogP contribution in [0.15, 0.2) is 24.3 Å². The van der Waals surface area contributed by atoms with Crippen LogP contribution in [0, 0.1) is 23.4 Å². The molecule has 0 radical (unpaired) electrons. The van der Waals surface area contributed by atoms with Crippen LogP contribution in [0.5, 0.6) is 5.75 Å². The number of allylic oxidation sites excluding steroid dienone is 2. The average Bonchev–Trinajstić information content (AvgIpc) is 2.67. The first-order valence-corrected chi connectivity index (χ1v) is 9.99. The van der Waals surface area contributed by atoms with Gasteiger partial charge >= 0.3 is 0 Å². The second-order valence-electron chi connectivity index (χ2n) is 7.39. The fourth-order valence-electron chi connectivity index (χ4n) is 3.84. The molecule has 1 nitrogen and oxygen atoms in total. The predicted octanol–water partition coefficient (Wildman–Crippen LogP) is 7.42. The van der Waals surface area contributed by atoms with E-state index in [-0.39, 0.29) is 16.7 Å². The Labute approximate surface area is 159 Å². The maximum atomic E-state index is 14.8. The fourth-order valence-corrected chi connectivity index (χ4v) is 3.84. The van der Waals surface area contributed by atoms with Crippen LogP contribution in [0.3, 0.4) is 0 Å². The standard InChI is InChI=1S/C23H27F3O/c1-3-5-13-27-19-12-11-17-14-18(21(24)23(26)20(17)22(19)25)16-9-7-15(6-4-2)8-10-16/h9,11-12,14-15H,3-8,10,13H2,1-2H3. The van der Waals surface area contributed by atoms with Crippen LogP contribution < -0.4 is 4.74 Å². The van der Waals surface area contributed by atoms with Crippen molar-refractivity contribution in [2.24, 2.45) is 5.92 Å². The molecule has 0 amide bonds. The van der Waals surface area contributed by atoms with Gasteiger partial charge in [0.25, 0.3) is 0 Å². The van der Waals surface area contributed by atoms with Crippen molar-refractivity contribution in [3.8, 4) is 5.75 Å². The smallest absolute Gasteiger partial charge is 0.175 e. The van der Waals surface area contributed by atoms with Crippen molar-refractivity contribution in [3.63, 3.8) is 0 Å². The molecule has 2 aromatic carbocycles. The van der Waals surface area contributed by atoms with Crippen LogP contribution in [0.4, 0.5) is 13.2 Å². The van der Waals surface area contributed by atoms with Crippen molar-refractivity contribution < 1.29 is 17.9 Å². The van der Waals surface area contributed by atoms with Crippen LogP contribution in [-0.2, 0) is 0 Å². The summed E-state index contributed by atoms with van der Waals surface area (Å²) < 4.78 is 49.6. The summed E-state index contributed by atoms with van der Waals surface area (Å²) in [6.45, 7) is 4.51. The molecule has 0 aromatic heterocycles. The van der Waals surface area contributed by atoms with Crippen LogP contribution in [0.25, 0.3) is 16.3 Å². The normalized spacial score (nSPS) is 17.2. The number of fused-ring (bicyclic) bond motifs is 1. The summed E-state index contributed by atoms with van der Waals surface area (Å²) in [7, 11) is 0. The Kier molecular flexibility index (Phi) is 6.46. The van der Waals surface area contributed by atoms with Crippen LogP contribution in [0.1, 0.15) is 64.4 Å². The molecule has 1 unspecified atom stereocenters. The van der Waals surface area contributed by atoms with Gasteiger partial charge in [0.05, 0.1) is 12.0 Å². The van der Waals surface area contributed by atoms with E-state index >= 15 is 0 Å². The summed E-state index contributed by atoms with van der Waals surface area (Å²) in [5.41, 5.74) is 1.08. The van der Waals surface area contributed by atoms with Gasteiger partial charge in [-0.15, -0.1) is 0 Å². The molecule has 27 heavy (non-hydrogen) atoms. The number of hydrogen-bond acceptors (Lipinski definition) is 1. The summed E-state index contributed by atoms with van der Waals surface area (Å²) >= 11 is 0. The minimum absolute atomic E-state index is 0.0266. The number of rotatable bonds is 7. The largest absolute Gasteiger partial charge is 0.490 e. The Bertz CT molecular complexity index is 841. The topological polar surface area (TPSA) is 9.23 Å². The monoisotopic (exact) mass is 376 g/mol. The number of unbranched alkanes of at least 4 members (excludes halogenated alkanes) is 1. The van der Waals surface area contributed by atoms with E-state index < -0.39 is 17.5 Å². The van der Waals surface area contributed by atoms with E-state index in [4.69, 9.17) is 4.74 Å². The summed E-state index contributed by atoms with van der Waals surface area (Å²) in [6, 6.07) is 4.68. The Morgan fingerprint density at radius 1 is 1.04 bits per heavy atom. The molecule has 4 heteroatoms. The maximum absolute atomic E-state index is 14.8. The summed E-state index contributed by atoms with van der Waals surface area (Å²) in [6.07, 6.45) is 8.60. The first-order valence-electron chi connectivity index (χ1n) is 9.99. The van der Waals surface area contributed by atoms with Gasteiger partial charge in [0.2, 0.25) is 0 Å². The number of halogens is 3. The van der Waals surface area contributed by atoms with E-state index in [0.29, 0.717) is 17.9 Å². The Morgan fingerprint density at radius 2 is 1.85 bits per heavy atom. The lowest BCUT2D eigenvalue weighted by atomic mass is 9.84. The molecule has 0 heterocycles. The van der Waals surface area contributed by atoms with Crippen molar-refractivity contribution in [1.82, 2.24) is 0 Å². The zero-order valence-corrected chi connectivity index (χ0v) is 16.1. The van der Waals surface area contributed by atoms with Crippen molar-refractivity contribution in [3.05, 3.63) is 47.3 Å². The first-order chi connectivity index (χ1) is 13.1. The molecule has 146 valence electrons. The Balaban J connectivity index is 1.96. The van der Waals surface area contributed by atoms with Gasteiger partial charge in [-0.2, -0.15) is 0 Å². The van der Waals surface area contributed by atoms with Crippen molar-refractivity contribution in [2.45, 2.75) is 58.8 Å². The van der Waals surface area contributed by atoms with Gasteiger partial charge in [-0.05, 0) is 54.7 Å². The Hall–Kier alpha value is -1.97. The third kappa shape index (κ3) is 4.15. The highest BCUT2D eigenvalue weighted by atomic mass is 19.2. The highest BCUT2D eigenvalue weighted by molar-refractivity contribution is 5.89. The molecule has 1 atom stereocenters. The van der Waals surface area contributed by atoms with E-state index in [1.54, 1.807) is 12.1 Å². The van der Waals surface area contributed by atoms with Crippen LogP contribution >= 0.6 is 0 Å². The first kappa shape index (κ1) is 19.8. The van der Waals surface area contributed by atoms with Gasteiger partial charge in [-0.25, -0.2) is 13.2 Å². The van der Waals surface area contributed by atoms with Crippen LogP contribution in [0.2, 0.25) is 0 Å². The molecule has 0 spiro atoms. The molecule has 0 N–H and O–H groups in total. The van der Waals surface area contributed by atoms with Crippen molar-refractivity contribution >= 4 is 16.3 Å². The molecule has 0 saturated heterocycles. The average molecular weight is 376 g/mol. The zero-order valence-electron chi connectivity index (χ0n) is 16.1. The summed E-state index contributed by atoms with van der Waals surface area (Å²) in [4.78, 5) is 0. The lowest BCUT2D eigenvalue weighted by Gasteiger charge is -2.22. The number of hydrogen-bond donors (Lipinski definition) is 0. The quantitative estimate of drug-likeness (QED) is 0.457. The molecular weight excluding hydrogens is 349 g/mol. The lowest BCUT2D eigenvalue weighted by molar-refractivity contribution is 0.295. The molecule has 0 bridgehead atoms. The lowest BCUT2D eigenvalue weighted by Crippen LogP contribution is -2.07.